The van der Waals surface area contributed by atoms with Gasteiger partial charge in [-0.1, -0.05) is 17.7 Å². The number of ketones is 1. The highest BCUT2D eigenvalue weighted by Gasteiger charge is 2.26. The number of hydrogen-bond acceptors (Lipinski definition) is 4. The van der Waals surface area contributed by atoms with Crippen LogP contribution in [0.5, 0.6) is 5.88 Å². The molecule has 3 aromatic rings. The van der Waals surface area contributed by atoms with Crippen LogP contribution in [0.1, 0.15) is 22.2 Å². The van der Waals surface area contributed by atoms with Crippen molar-refractivity contribution in [2.75, 3.05) is 6.54 Å². The lowest BCUT2D eigenvalue weighted by Gasteiger charge is -2.06. The van der Waals surface area contributed by atoms with E-state index in [1.807, 2.05) is 0 Å². The van der Waals surface area contributed by atoms with Gasteiger partial charge in [-0.2, -0.15) is 0 Å². The third-order valence-electron chi connectivity index (χ3n) is 3.41. The summed E-state index contributed by atoms with van der Waals surface area (Å²) in [5.74, 6) is -0.723. The molecule has 1 amide bonds. The lowest BCUT2D eigenvalue weighted by Crippen LogP contribution is -2.27. The topological polar surface area (TPSA) is 71.3 Å². The highest BCUT2D eigenvalue weighted by molar-refractivity contribution is 7.12. The summed E-state index contributed by atoms with van der Waals surface area (Å²) >= 11 is 7.29. The number of benzene rings is 1. The van der Waals surface area contributed by atoms with E-state index in [0.717, 1.165) is 4.57 Å². The molecule has 7 heteroatoms. The Morgan fingerprint density at radius 1 is 1.35 bits per heavy atom. The van der Waals surface area contributed by atoms with Crippen molar-refractivity contribution < 1.29 is 14.7 Å². The molecule has 118 valence electrons. The van der Waals surface area contributed by atoms with E-state index in [1.165, 1.54) is 11.3 Å². The van der Waals surface area contributed by atoms with Crippen molar-refractivity contribution in [3.05, 3.63) is 51.2 Å². The molecule has 0 bridgehead atoms. The van der Waals surface area contributed by atoms with Gasteiger partial charge in [-0.3, -0.25) is 4.79 Å². The van der Waals surface area contributed by atoms with Crippen molar-refractivity contribution >= 4 is 45.7 Å². The first-order chi connectivity index (χ1) is 11.0. The van der Waals surface area contributed by atoms with E-state index in [1.54, 1.807) is 42.6 Å². The summed E-state index contributed by atoms with van der Waals surface area (Å²) in [6.07, 6.45) is 0. The van der Waals surface area contributed by atoms with E-state index in [4.69, 9.17) is 11.6 Å². The van der Waals surface area contributed by atoms with Crippen LogP contribution in [0.4, 0.5) is 4.79 Å². The Morgan fingerprint density at radius 2 is 2.13 bits per heavy atom. The number of hydrogen-bond donors (Lipinski definition) is 2. The Balaban J connectivity index is 2.29. The normalized spacial score (nSPS) is 10.9. The summed E-state index contributed by atoms with van der Waals surface area (Å²) < 4.78 is 1.09. The van der Waals surface area contributed by atoms with Gasteiger partial charge < -0.3 is 10.4 Å². The summed E-state index contributed by atoms with van der Waals surface area (Å²) in [4.78, 5) is 25.4. The predicted octanol–water partition coefficient (Wildman–Crippen LogP) is 3.87. The number of nitrogens with one attached hydrogen (secondary N) is 1. The third kappa shape index (κ3) is 2.60. The molecule has 0 spiro atoms. The van der Waals surface area contributed by atoms with E-state index in [0.29, 0.717) is 27.3 Å². The first-order valence-corrected chi connectivity index (χ1v) is 8.19. The zero-order valence-electron chi connectivity index (χ0n) is 12.2. The molecule has 0 fully saturated rings. The number of aromatic nitrogens is 1. The van der Waals surface area contributed by atoms with Crippen molar-refractivity contribution in [1.82, 2.24) is 9.88 Å². The number of fused-ring (bicyclic) bond motifs is 1. The average Bonchev–Trinajstić information content (AvgIpc) is 3.12. The number of nitrogens with zero attached hydrogens (tertiary/aromatic N) is 1. The maximum atomic E-state index is 12.7. The average molecular weight is 349 g/mol. The number of thiophene rings is 1. The van der Waals surface area contributed by atoms with Crippen LogP contribution in [-0.4, -0.2) is 28.0 Å². The van der Waals surface area contributed by atoms with Crippen LogP contribution in [-0.2, 0) is 0 Å². The molecule has 0 aliphatic rings. The van der Waals surface area contributed by atoms with Crippen LogP contribution in [0, 0.1) is 0 Å². The van der Waals surface area contributed by atoms with Crippen LogP contribution in [0.25, 0.3) is 10.9 Å². The number of amides is 1. The van der Waals surface area contributed by atoms with Crippen molar-refractivity contribution in [3.63, 3.8) is 0 Å². The summed E-state index contributed by atoms with van der Waals surface area (Å²) in [6, 6.07) is 7.73. The number of halogens is 1. The predicted molar refractivity (Wildman–Crippen MR) is 90.8 cm³/mol. The minimum absolute atomic E-state index is 0.0798. The van der Waals surface area contributed by atoms with Gasteiger partial charge in [-0.15, -0.1) is 11.3 Å². The maximum absolute atomic E-state index is 12.7. The minimum atomic E-state index is -0.498. The monoisotopic (exact) mass is 348 g/mol. The van der Waals surface area contributed by atoms with Gasteiger partial charge in [0.25, 0.3) is 0 Å². The van der Waals surface area contributed by atoms with Gasteiger partial charge >= 0.3 is 6.03 Å². The number of rotatable bonds is 3. The SMILES string of the molecule is CCNC(=O)n1c(O)c(C(=O)c2cccs2)c2cc(Cl)ccc21. The smallest absolute Gasteiger partial charge is 0.328 e. The fourth-order valence-corrected chi connectivity index (χ4v) is 3.28. The van der Waals surface area contributed by atoms with Crippen LogP contribution < -0.4 is 5.32 Å². The number of carbonyl (C=O) groups excluding carboxylic acids is 2. The van der Waals surface area contributed by atoms with Gasteiger partial charge in [-0.25, -0.2) is 9.36 Å². The van der Waals surface area contributed by atoms with Gasteiger partial charge in [0, 0.05) is 17.0 Å². The Bertz CT molecular complexity index is 900. The van der Waals surface area contributed by atoms with E-state index >= 15 is 0 Å². The summed E-state index contributed by atoms with van der Waals surface area (Å²) in [6.45, 7) is 2.18. The van der Waals surface area contributed by atoms with E-state index in [-0.39, 0.29) is 17.2 Å². The second kappa shape index (κ2) is 6.06. The molecule has 1 aromatic carbocycles. The fraction of sp³-hybridized carbons (Fsp3) is 0.125. The van der Waals surface area contributed by atoms with E-state index in [2.05, 4.69) is 5.32 Å². The third-order valence-corrected chi connectivity index (χ3v) is 4.51. The molecule has 0 saturated heterocycles. The first-order valence-electron chi connectivity index (χ1n) is 6.94. The molecular formula is C16H13ClN2O3S. The molecule has 0 saturated carbocycles. The molecule has 2 aromatic heterocycles. The van der Waals surface area contributed by atoms with Gasteiger partial charge in [0.1, 0.15) is 0 Å². The molecule has 3 rings (SSSR count). The second-order valence-electron chi connectivity index (χ2n) is 4.84. The molecule has 2 heterocycles. The molecule has 0 atom stereocenters. The molecule has 5 nitrogen and oxygen atoms in total. The molecule has 0 unspecified atom stereocenters. The van der Waals surface area contributed by atoms with Crippen molar-refractivity contribution in [2.24, 2.45) is 0 Å². The van der Waals surface area contributed by atoms with Crippen molar-refractivity contribution in [3.8, 4) is 5.88 Å². The van der Waals surface area contributed by atoms with Crippen LogP contribution in [0.3, 0.4) is 0 Å². The van der Waals surface area contributed by atoms with E-state index < -0.39 is 6.03 Å². The quantitative estimate of drug-likeness (QED) is 0.706. The van der Waals surface area contributed by atoms with Gasteiger partial charge in [0.15, 0.2) is 0 Å². The largest absolute Gasteiger partial charge is 0.494 e. The lowest BCUT2D eigenvalue weighted by atomic mass is 10.1. The standard InChI is InChI=1S/C16H13ClN2O3S/c1-2-18-16(22)19-11-6-5-9(17)8-10(11)13(15(19)21)14(20)12-4-3-7-23-12/h3-8,21H,2H2,1H3,(H,18,22). The van der Waals surface area contributed by atoms with Gasteiger partial charge in [-0.05, 0) is 36.6 Å². The number of aromatic hydroxyl groups is 1. The van der Waals surface area contributed by atoms with Crippen LogP contribution in [0.15, 0.2) is 35.7 Å². The van der Waals surface area contributed by atoms with Gasteiger partial charge in [0.05, 0.1) is 16.0 Å². The zero-order valence-corrected chi connectivity index (χ0v) is 13.7. The Kier molecular flexibility index (Phi) is 4.11. The van der Waals surface area contributed by atoms with Crippen LogP contribution in [0.2, 0.25) is 5.02 Å². The highest BCUT2D eigenvalue weighted by atomic mass is 35.5. The summed E-state index contributed by atoms with van der Waals surface area (Å²) in [5.41, 5.74) is 0.508. The number of carbonyl (C=O) groups is 2. The van der Waals surface area contributed by atoms with E-state index in [9.17, 15) is 14.7 Å². The minimum Gasteiger partial charge on any atom is -0.494 e. The molecule has 23 heavy (non-hydrogen) atoms. The fourth-order valence-electron chi connectivity index (χ4n) is 2.44. The first kappa shape index (κ1) is 15.6. The molecule has 0 aliphatic heterocycles. The second-order valence-corrected chi connectivity index (χ2v) is 6.22. The van der Waals surface area contributed by atoms with Crippen LogP contribution >= 0.6 is 22.9 Å². The summed E-state index contributed by atoms with van der Waals surface area (Å²) in [7, 11) is 0. The Hall–Kier alpha value is -2.31. The lowest BCUT2D eigenvalue weighted by molar-refractivity contribution is 0.104. The highest BCUT2D eigenvalue weighted by Crippen LogP contribution is 2.35. The molecule has 2 N–H and O–H groups in total. The summed E-state index contributed by atoms with van der Waals surface area (Å²) in [5, 5.41) is 15.8. The Morgan fingerprint density at radius 3 is 2.78 bits per heavy atom. The van der Waals surface area contributed by atoms with Crippen molar-refractivity contribution in [1.29, 1.82) is 0 Å². The zero-order chi connectivity index (χ0) is 16.6. The molecule has 0 radical (unpaired) electrons. The Labute approximate surface area is 141 Å². The molecular weight excluding hydrogens is 336 g/mol. The maximum Gasteiger partial charge on any atom is 0.328 e. The molecule has 0 aliphatic carbocycles. The van der Waals surface area contributed by atoms with Crippen molar-refractivity contribution in [2.45, 2.75) is 6.92 Å². The van der Waals surface area contributed by atoms with Gasteiger partial charge in [0.2, 0.25) is 11.7 Å².